The van der Waals surface area contributed by atoms with Crippen molar-refractivity contribution in [2.24, 2.45) is 0 Å². The van der Waals surface area contributed by atoms with Crippen LogP contribution < -0.4 is 15.0 Å². The first-order valence-electron chi connectivity index (χ1n) is 8.39. The van der Waals surface area contributed by atoms with Gasteiger partial charge in [-0.15, -0.1) is 16.8 Å². The summed E-state index contributed by atoms with van der Waals surface area (Å²) in [7, 11) is 0. The van der Waals surface area contributed by atoms with Crippen LogP contribution in [0, 0.1) is 11.6 Å². The Labute approximate surface area is 170 Å². The second kappa shape index (κ2) is 8.80. The van der Waals surface area contributed by atoms with Crippen molar-refractivity contribution >= 4 is 41.5 Å². The van der Waals surface area contributed by atoms with Crippen LogP contribution in [0.2, 0.25) is 0 Å². The second-order valence-electron chi connectivity index (χ2n) is 6.14. The average Bonchev–Trinajstić information content (AvgIpc) is 3.29. The van der Waals surface area contributed by atoms with Gasteiger partial charge >= 0.3 is 6.09 Å². The van der Waals surface area contributed by atoms with Gasteiger partial charge in [0.15, 0.2) is 6.10 Å². The number of hydrogen-bond acceptors (Lipinski definition) is 7. The monoisotopic (exact) mass is 430 g/mol. The Morgan fingerprint density at radius 2 is 2.14 bits per heavy atom. The summed E-state index contributed by atoms with van der Waals surface area (Å²) < 4.78 is 47.5. The molecule has 1 aromatic carbocycles. The molecule has 1 amide bonds. The number of ether oxygens (including phenoxy) is 2. The molecule has 2 aliphatic heterocycles. The van der Waals surface area contributed by atoms with Gasteiger partial charge < -0.3 is 14.8 Å². The molecular formula is C17H17ClF2N4O3S. The fraction of sp³-hybridized carbons (Fsp3) is 0.353. The van der Waals surface area contributed by atoms with Gasteiger partial charge in [0.2, 0.25) is 5.88 Å². The number of carbonyl (C=O) groups is 1. The maximum Gasteiger partial charge on any atom is 0.414 e. The molecule has 1 aromatic heterocycles. The lowest BCUT2D eigenvalue weighted by Crippen LogP contribution is -2.27. The molecule has 3 heterocycles. The van der Waals surface area contributed by atoms with Crippen LogP contribution in [-0.4, -0.2) is 47.2 Å². The Morgan fingerprint density at radius 1 is 1.36 bits per heavy atom. The van der Waals surface area contributed by atoms with Gasteiger partial charge in [-0.1, -0.05) is 6.08 Å². The predicted octanol–water partition coefficient (Wildman–Crippen LogP) is 3.02. The van der Waals surface area contributed by atoms with Gasteiger partial charge in [0.05, 0.1) is 24.0 Å². The van der Waals surface area contributed by atoms with Gasteiger partial charge in [-0.3, -0.25) is 4.90 Å². The smallest absolute Gasteiger partial charge is 0.414 e. The second-order valence-corrected chi connectivity index (χ2v) is 6.70. The molecule has 28 heavy (non-hydrogen) atoms. The van der Waals surface area contributed by atoms with Gasteiger partial charge in [-0.25, -0.2) is 13.6 Å². The largest absolute Gasteiger partial charge is 0.472 e. The molecule has 7 nitrogen and oxygen atoms in total. The Bertz CT molecular complexity index is 858. The molecule has 0 bridgehead atoms. The maximum absolute atomic E-state index is 14.6. The molecule has 11 heteroatoms. The number of nitrogens with one attached hydrogen (secondary N) is 1. The average molecular weight is 431 g/mol. The number of benzene rings is 1. The highest BCUT2D eigenvalue weighted by atomic mass is 35.5. The summed E-state index contributed by atoms with van der Waals surface area (Å²) in [5.41, 5.74) is 0.706. The number of carbonyl (C=O) groups excluding carboxylic acids is 1. The Hall–Kier alpha value is -2.30. The number of aromatic nitrogens is 2. The highest BCUT2D eigenvalue weighted by Gasteiger charge is 2.34. The fourth-order valence-electron chi connectivity index (χ4n) is 3.09. The standard InChI is InChI=1S/C17H16F2N4O3S.ClH/c18-13-5-11(6-14(19)16(13)10-1-3-20-4-2-10)23-8-12(26-17(23)24)9-25-15-7-21-27-22-15;/h1,5-7,12,20H,2-4,8-9H2;1H/t12-;/m1./s1. The lowest BCUT2D eigenvalue weighted by Gasteiger charge is -2.18. The summed E-state index contributed by atoms with van der Waals surface area (Å²) in [6, 6.07) is 2.33. The first-order chi connectivity index (χ1) is 13.1. The third-order valence-corrected chi connectivity index (χ3v) is 4.82. The summed E-state index contributed by atoms with van der Waals surface area (Å²) >= 11 is 1.00. The highest BCUT2D eigenvalue weighted by Crippen LogP contribution is 2.31. The quantitative estimate of drug-likeness (QED) is 0.785. The van der Waals surface area contributed by atoms with Crippen molar-refractivity contribution in [1.29, 1.82) is 0 Å². The normalized spacial score (nSPS) is 19.1. The molecule has 0 saturated carbocycles. The van der Waals surface area contributed by atoms with Crippen LogP contribution in [0.3, 0.4) is 0 Å². The van der Waals surface area contributed by atoms with Crippen molar-refractivity contribution < 1.29 is 23.0 Å². The zero-order valence-electron chi connectivity index (χ0n) is 14.6. The minimum absolute atomic E-state index is 0. The summed E-state index contributed by atoms with van der Waals surface area (Å²) in [6.07, 6.45) is 2.53. The summed E-state index contributed by atoms with van der Waals surface area (Å²) in [5, 5.41) is 3.10. The van der Waals surface area contributed by atoms with Crippen LogP contribution in [0.5, 0.6) is 5.88 Å². The molecule has 1 N–H and O–H groups in total. The summed E-state index contributed by atoms with van der Waals surface area (Å²) in [6.45, 7) is 1.45. The third-order valence-electron chi connectivity index (χ3n) is 4.36. The first kappa shape index (κ1) is 20.4. The molecule has 1 atom stereocenters. The topological polar surface area (TPSA) is 76.6 Å². The zero-order valence-corrected chi connectivity index (χ0v) is 16.2. The van der Waals surface area contributed by atoms with E-state index in [2.05, 4.69) is 14.1 Å². The Morgan fingerprint density at radius 3 is 2.79 bits per heavy atom. The first-order valence-corrected chi connectivity index (χ1v) is 9.12. The molecule has 0 aliphatic carbocycles. The van der Waals surface area contributed by atoms with E-state index in [-0.39, 0.29) is 36.8 Å². The van der Waals surface area contributed by atoms with Gasteiger partial charge in [0.1, 0.15) is 24.4 Å². The van der Waals surface area contributed by atoms with Gasteiger partial charge in [0, 0.05) is 12.1 Å². The van der Waals surface area contributed by atoms with E-state index in [9.17, 15) is 13.6 Å². The number of amides is 1. The van der Waals surface area contributed by atoms with E-state index in [1.165, 1.54) is 11.1 Å². The number of rotatable bonds is 5. The Balaban J connectivity index is 0.00000225. The fourth-order valence-corrected chi connectivity index (χ4v) is 3.45. The van der Waals surface area contributed by atoms with E-state index < -0.39 is 23.8 Å². The summed E-state index contributed by atoms with van der Waals surface area (Å²) in [5.74, 6) is -1.05. The third kappa shape index (κ3) is 4.23. The van der Waals surface area contributed by atoms with Crippen LogP contribution in [0.1, 0.15) is 12.0 Å². The molecule has 2 aliphatic rings. The van der Waals surface area contributed by atoms with Crippen molar-refractivity contribution in [3.63, 3.8) is 0 Å². The van der Waals surface area contributed by atoms with E-state index in [0.29, 0.717) is 31.0 Å². The van der Waals surface area contributed by atoms with Crippen molar-refractivity contribution in [3.05, 3.63) is 41.6 Å². The van der Waals surface area contributed by atoms with Crippen molar-refractivity contribution in [3.8, 4) is 5.88 Å². The molecule has 4 rings (SSSR count). The van der Waals surface area contributed by atoms with Gasteiger partial charge in [-0.05, 0) is 30.7 Å². The maximum atomic E-state index is 14.6. The number of halogens is 3. The highest BCUT2D eigenvalue weighted by molar-refractivity contribution is 6.99. The number of cyclic esters (lactones) is 1. The zero-order chi connectivity index (χ0) is 18.8. The minimum atomic E-state index is -0.695. The predicted molar refractivity (Wildman–Crippen MR) is 102 cm³/mol. The lowest BCUT2D eigenvalue weighted by molar-refractivity contribution is 0.103. The molecule has 2 aromatic rings. The molecule has 0 unspecified atom stereocenters. The molecular weight excluding hydrogens is 414 g/mol. The van der Waals surface area contributed by atoms with Gasteiger partial charge in [0.25, 0.3) is 0 Å². The van der Waals surface area contributed by atoms with Gasteiger partial charge in [-0.2, -0.15) is 4.37 Å². The molecule has 0 spiro atoms. The van der Waals surface area contributed by atoms with E-state index in [0.717, 1.165) is 23.9 Å². The van der Waals surface area contributed by atoms with Crippen molar-refractivity contribution in [2.75, 3.05) is 31.1 Å². The summed E-state index contributed by atoms with van der Waals surface area (Å²) in [4.78, 5) is 13.3. The Kier molecular flexibility index (Phi) is 6.42. The molecule has 1 saturated heterocycles. The minimum Gasteiger partial charge on any atom is -0.472 e. The van der Waals surface area contributed by atoms with E-state index in [1.807, 2.05) is 0 Å². The lowest BCUT2D eigenvalue weighted by atomic mass is 9.98. The van der Waals surface area contributed by atoms with Crippen molar-refractivity contribution in [2.45, 2.75) is 12.5 Å². The van der Waals surface area contributed by atoms with Crippen LogP contribution in [0.4, 0.5) is 19.3 Å². The molecule has 0 radical (unpaired) electrons. The van der Waals surface area contributed by atoms with Crippen LogP contribution in [0.15, 0.2) is 24.4 Å². The number of hydrogen-bond donors (Lipinski definition) is 1. The SMILES string of the molecule is Cl.O=C1O[C@@H](COc2cnsn2)CN1c1cc(F)c(C2=CCNCC2)c(F)c1. The van der Waals surface area contributed by atoms with E-state index in [4.69, 9.17) is 9.47 Å². The van der Waals surface area contributed by atoms with E-state index >= 15 is 0 Å². The molecule has 150 valence electrons. The number of nitrogens with zero attached hydrogens (tertiary/aromatic N) is 3. The van der Waals surface area contributed by atoms with Crippen LogP contribution in [-0.2, 0) is 4.74 Å². The van der Waals surface area contributed by atoms with Crippen LogP contribution >= 0.6 is 24.1 Å². The van der Waals surface area contributed by atoms with E-state index in [1.54, 1.807) is 6.08 Å². The molecule has 1 fully saturated rings. The van der Waals surface area contributed by atoms with Crippen molar-refractivity contribution in [1.82, 2.24) is 14.1 Å². The van der Waals surface area contributed by atoms with Crippen LogP contribution in [0.25, 0.3) is 5.57 Å². The number of anilines is 1.